The molecule has 0 atom stereocenters. The quantitative estimate of drug-likeness (QED) is 0.0783. The molecule has 3 heterocycles. The van der Waals surface area contributed by atoms with Crippen LogP contribution < -0.4 is 19.3 Å². The third kappa shape index (κ3) is 7.64. The van der Waals surface area contributed by atoms with Crippen molar-refractivity contribution >= 4 is 46.9 Å². The first-order valence-electron chi connectivity index (χ1n) is 19.1. The Bertz CT molecular complexity index is 2700. The molecule has 0 spiro atoms. The number of hydrogen-bond donors (Lipinski definition) is 2. The van der Waals surface area contributed by atoms with E-state index in [1.807, 2.05) is 24.3 Å². The monoisotopic (exact) mass is 833 g/mol. The number of carbonyl (C=O) groups is 6. The molecule has 310 valence electrons. The standard InChI is InChI=1S/C47H35N3O12/c1-59-15-17-61-40-14-11-26(25-41(40)62-18-16-60-2)31-23-38(27-5-3-7-32(19-27)49-42(51)34-12-9-29(46(55)56)21-36(34)44(49)53)48-39(24-31)28-6-4-8-33(20-28)50-43(52)35-13-10-30(47(57)58)22-37(35)45(50)54/h3-14,19-25H,15-18H2,1-2H3,(H,55,56)(H,57,58). The van der Waals surface area contributed by atoms with E-state index in [-0.39, 0.29) is 58.0 Å². The zero-order chi connectivity index (χ0) is 43.7. The highest BCUT2D eigenvalue weighted by atomic mass is 16.5. The van der Waals surface area contributed by atoms with Crippen molar-refractivity contribution in [3.8, 4) is 45.1 Å². The minimum Gasteiger partial charge on any atom is -0.487 e. The number of imide groups is 2. The average Bonchev–Trinajstić information content (AvgIpc) is 3.69. The van der Waals surface area contributed by atoms with Crippen molar-refractivity contribution in [2.45, 2.75) is 0 Å². The SMILES string of the molecule is COCCOc1ccc(-c2cc(-c3cccc(N4C(=O)c5ccc(C(=O)O)cc5C4=O)c3)nc(-c3cccc(N4C(=O)c5ccc(C(=O)O)cc5C4=O)c3)c2)cc1OCCOC. The van der Waals surface area contributed by atoms with Gasteiger partial charge in [0.1, 0.15) is 13.2 Å². The van der Waals surface area contributed by atoms with Crippen molar-refractivity contribution in [1.29, 1.82) is 0 Å². The van der Waals surface area contributed by atoms with Gasteiger partial charge in [-0.15, -0.1) is 0 Å². The molecular formula is C47H35N3O12. The van der Waals surface area contributed by atoms with Gasteiger partial charge in [0.05, 0.1) is 69.4 Å². The second-order valence-corrected chi connectivity index (χ2v) is 14.1. The number of carbonyl (C=O) groups excluding carboxylic acids is 4. The van der Waals surface area contributed by atoms with Gasteiger partial charge in [-0.25, -0.2) is 24.4 Å². The first-order valence-corrected chi connectivity index (χ1v) is 19.1. The summed E-state index contributed by atoms with van der Waals surface area (Å²) >= 11 is 0. The Hall–Kier alpha value is -8.01. The number of benzene rings is 5. The smallest absolute Gasteiger partial charge is 0.335 e. The first-order chi connectivity index (χ1) is 30.0. The zero-order valence-electron chi connectivity index (χ0n) is 33.1. The third-order valence-electron chi connectivity index (χ3n) is 10.3. The van der Waals surface area contributed by atoms with Crippen molar-refractivity contribution in [3.05, 3.63) is 149 Å². The van der Waals surface area contributed by atoms with E-state index in [9.17, 15) is 39.0 Å². The molecule has 5 aromatic carbocycles. The average molecular weight is 834 g/mol. The van der Waals surface area contributed by atoms with Gasteiger partial charge in [0.15, 0.2) is 11.5 Å². The number of rotatable bonds is 15. The van der Waals surface area contributed by atoms with E-state index in [1.165, 1.54) is 36.4 Å². The Labute approximate surface area is 353 Å². The van der Waals surface area contributed by atoms with Gasteiger partial charge in [0.25, 0.3) is 23.6 Å². The molecular weight excluding hydrogens is 799 g/mol. The van der Waals surface area contributed by atoms with E-state index >= 15 is 0 Å². The number of methoxy groups -OCH3 is 2. The molecule has 0 saturated heterocycles. The number of anilines is 2. The number of pyridine rings is 1. The van der Waals surface area contributed by atoms with Crippen LogP contribution in [-0.2, 0) is 9.47 Å². The highest BCUT2D eigenvalue weighted by Gasteiger charge is 2.39. The number of nitrogens with zero attached hydrogens (tertiary/aromatic N) is 3. The maximum Gasteiger partial charge on any atom is 0.335 e. The van der Waals surface area contributed by atoms with Crippen LogP contribution in [0.25, 0.3) is 33.6 Å². The van der Waals surface area contributed by atoms with Crippen molar-refractivity contribution in [2.75, 3.05) is 50.4 Å². The molecule has 2 N–H and O–H groups in total. The predicted molar refractivity (Wildman–Crippen MR) is 224 cm³/mol. The molecule has 0 radical (unpaired) electrons. The lowest BCUT2D eigenvalue weighted by atomic mass is 9.99. The molecule has 4 amide bonds. The molecule has 62 heavy (non-hydrogen) atoms. The Morgan fingerprint density at radius 3 is 1.42 bits per heavy atom. The number of carboxylic acid groups (broad SMARTS) is 2. The van der Waals surface area contributed by atoms with E-state index in [0.29, 0.717) is 58.4 Å². The molecule has 0 aliphatic carbocycles. The molecule has 1 aromatic heterocycles. The molecule has 0 unspecified atom stereocenters. The minimum atomic E-state index is -1.24. The fraction of sp³-hybridized carbons (Fsp3) is 0.128. The van der Waals surface area contributed by atoms with Crippen LogP contribution in [0.5, 0.6) is 11.5 Å². The van der Waals surface area contributed by atoms with Gasteiger partial charge in [0.2, 0.25) is 0 Å². The van der Waals surface area contributed by atoms with Crippen LogP contribution in [0.15, 0.2) is 115 Å². The normalized spacial score (nSPS) is 13.1. The van der Waals surface area contributed by atoms with E-state index < -0.39 is 35.6 Å². The van der Waals surface area contributed by atoms with Crippen molar-refractivity contribution in [3.63, 3.8) is 0 Å². The van der Waals surface area contributed by atoms with Crippen LogP contribution in [-0.4, -0.2) is 91.4 Å². The summed E-state index contributed by atoms with van der Waals surface area (Å²) in [6.45, 7) is 1.18. The summed E-state index contributed by atoms with van der Waals surface area (Å²) < 4.78 is 22.4. The lowest BCUT2D eigenvalue weighted by Gasteiger charge is -2.17. The van der Waals surface area contributed by atoms with Gasteiger partial charge in [-0.2, -0.15) is 0 Å². The maximum atomic E-state index is 13.6. The largest absolute Gasteiger partial charge is 0.487 e. The Morgan fingerprint density at radius 1 is 0.484 bits per heavy atom. The number of amides is 4. The minimum absolute atomic E-state index is 0.0267. The molecule has 0 saturated carbocycles. The molecule has 15 nitrogen and oxygen atoms in total. The molecule has 2 aliphatic rings. The first kappa shape index (κ1) is 40.8. The summed E-state index contributed by atoms with van der Waals surface area (Å²) in [5.41, 5.74) is 3.49. The van der Waals surface area contributed by atoms with E-state index in [0.717, 1.165) is 9.80 Å². The second-order valence-electron chi connectivity index (χ2n) is 14.1. The number of ether oxygens (including phenoxy) is 4. The van der Waals surface area contributed by atoms with Crippen LogP contribution in [0, 0.1) is 0 Å². The maximum absolute atomic E-state index is 13.6. The van der Waals surface area contributed by atoms with Crippen LogP contribution >= 0.6 is 0 Å². The highest BCUT2D eigenvalue weighted by Crippen LogP contribution is 2.39. The van der Waals surface area contributed by atoms with Crippen molar-refractivity contribution < 1.29 is 57.9 Å². The van der Waals surface area contributed by atoms with E-state index in [1.54, 1.807) is 68.8 Å². The van der Waals surface area contributed by atoms with Gasteiger partial charge in [0, 0.05) is 25.3 Å². The van der Waals surface area contributed by atoms with Crippen LogP contribution in [0.4, 0.5) is 11.4 Å². The Morgan fingerprint density at radius 2 is 0.952 bits per heavy atom. The van der Waals surface area contributed by atoms with E-state index in [2.05, 4.69) is 0 Å². The van der Waals surface area contributed by atoms with Crippen LogP contribution in [0.3, 0.4) is 0 Å². The summed E-state index contributed by atoms with van der Waals surface area (Å²) in [4.78, 5) is 84.7. The summed E-state index contributed by atoms with van der Waals surface area (Å²) in [5.74, 6) is -4.13. The van der Waals surface area contributed by atoms with Crippen LogP contribution in [0.2, 0.25) is 0 Å². The Kier molecular flexibility index (Phi) is 11.1. The molecule has 15 heteroatoms. The summed E-state index contributed by atoms with van der Waals surface area (Å²) in [6, 6.07) is 29.9. The van der Waals surface area contributed by atoms with Gasteiger partial charge in [-0.3, -0.25) is 19.2 Å². The molecule has 6 aromatic rings. The summed E-state index contributed by atoms with van der Waals surface area (Å²) in [6.07, 6.45) is 0. The lowest BCUT2D eigenvalue weighted by Crippen LogP contribution is -2.29. The topological polar surface area (TPSA) is 199 Å². The fourth-order valence-corrected chi connectivity index (χ4v) is 7.21. The Balaban J connectivity index is 1.22. The van der Waals surface area contributed by atoms with Gasteiger partial charge in [-0.1, -0.05) is 30.3 Å². The van der Waals surface area contributed by atoms with Crippen molar-refractivity contribution in [1.82, 2.24) is 4.98 Å². The zero-order valence-corrected chi connectivity index (χ0v) is 33.1. The van der Waals surface area contributed by atoms with Crippen LogP contribution in [0.1, 0.15) is 62.1 Å². The highest BCUT2D eigenvalue weighted by molar-refractivity contribution is 6.35. The number of fused-ring (bicyclic) bond motifs is 2. The summed E-state index contributed by atoms with van der Waals surface area (Å²) in [7, 11) is 3.13. The van der Waals surface area contributed by atoms with E-state index in [4.69, 9.17) is 23.9 Å². The van der Waals surface area contributed by atoms with Gasteiger partial charge >= 0.3 is 11.9 Å². The predicted octanol–water partition coefficient (Wildman–Crippen LogP) is 7.13. The number of aromatic nitrogens is 1. The molecule has 8 rings (SSSR count). The molecule has 0 bridgehead atoms. The lowest BCUT2D eigenvalue weighted by molar-refractivity contribution is 0.0686. The van der Waals surface area contributed by atoms with Crippen molar-refractivity contribution in [2.24, 2.45) is 0 Å². The molecule has 2 aliphatic heterocycles. The van der Waals surface area contributed by atoms with Gasteiger partial charge < -0.3 is 29.2 Å². The number of aromatic carboxylic acids is 2. The second kappa shape index (κ2) is 16.9. The number of hydrogen-bond acceptors (Lipinski definition) is 11. The van der Waals surface area contributed by atoms with Gasteiger partial charge in [-0.05, 0) is 96.1 Å². The third-order valence-corrected chi connectivity index (χ3v) is 10.3. The summed E-state index contributed by atoms with van der Waals surface area (Å²) in [5, 5.41) is 19.0. The number of carboxylic acids is 2. The molecule has 0 fully saturated rings. The fourth-order valence-electron chi connectivity index (χ4n) is 7.21.